The number of fused-ring (bicyclic) bond motifs is 2. The van der Waals surface area contributed by atoms with Crippen LogP contribution in [-0.4, -0.2) is 66.4 Å². The van der Waals surface area contributed by atoms with Crippen LogP contribution in [0.4, 0.5) is 5.69 Å². The number of carbonyl (C=O) groups excluding carboxylic acids is 2. The summed E-state index contributed by atoms with van der Waals surface area (Å²) < 4.78 is 5.26. The number of anilines is 1. The number of benzene rings is 1. The van der Waals surface area contributed by atoms with Crippen LogP contribution < -0.4 is 10.1 Å². The van der Waals surface area contributed by atoms with Crippen LogP contribution in [0.2, 0.25) is 0 Å². The van der Waals surface area contributed by atoms with Crippen LogP contribution in [0.1, 0.15) is 52.1 Å². The third-order valence-electron chi connectivity index (χ3n) is 6.93. The van der Waals surface area contributed by atoms with Gasteiger partial charge in [0.2, 0.25) is 0 Å². The number of nitrogens with zero attached hydrogens (tertiary/aromatic N) is 2. The van der Waals surface area contributed by atoms with Crippen LogP contribution >= 0.6 is 0 Å². The number of carbonyl (C=O) groups is 2. The van der Waals surface area contributed by atoms with Gasteiger partial charge < -0.3 is 24.8 Å². The molecule has 0 radical (unpaired) electrons. The Hall–Kier alpha value is -3.06. The molecular formula is C25H30N4O3. The minimum atomic E-state index is -0.144. The first kappa shape index (κ1) is 20.8. The maximum absolute atomic E-state index is 13.3. The number of piperidine rings is 1. The number of amides is 2. The van der Waals surface area contributed by atoms with E-state index in [1.165, 1.54) is 19.3 Å². The minimum absolute atomic E-state index is 0.0997. The van der Waals surface area contributed by atoms with Gasteiger partial charge in [-0.2, -0.15) is 0 Å². The minimum Gasteiger partial charge on any atom is -0.497 e. The van der Waals surface area contributed by atoms with Crippen LogP contribution in [0.15, 0.2) is 18.2 Å². The van der Waals surface area contributed by atoms with Gasteiger partial charge in [0.15, 0.2) is 0 Å². The second-order valence-electron chi connectivity index (χ2n) is 8.89. The third kappa shape index (κ3) is 3.71. The van der Waals surface area contributed by atoms with E-state index in [9.17, 15) is 9.59 Å². The number of ether oxygens (including phenoxy) is 1. The highest BCUT2D eigenvalue weighted by molar-refractivity contribution is 6.35. The van der Waals surface area contributed by atoms with Crippen molar-refractivity contribution >= 4 is 29.2 Å². The van der Waals surface area contributed by atoms with Crippen molar-refractivity contribution in [2.24, 2.45) is 0 Å². The molecule has 0 unspecified atom stereocenters. The summed E-state index contributed by atoms with van der Waals surface area (Å²) in [5, 5.41) is 2.91. The Bertz CT molecular complexity index is 1090. The molecular weight excluding hydrogens is 404 g/mol. The summed E-state index contributed by atoms with van der Waals surface area (Å²) in [6, 6.07) is 5.57. The number of rotatable bonds is 5. The fraction of sp³-hybridized carbons (Fsp3) is 0.440. The number of aromatic nitrogens is 1. The van der Waals surface area contributed by atoms with E-state index in [2.05, 4.69) is 15.2 Å². The second-order valence-corrected chi connectivity index (χ2v) is 8.89. The highest BCUT2D eigenvalue weighted by Gasteiger charge is 2.30. The van der Waals surface area contributed by atoms with Crippen LogP contribution in [0.3, 0.4) is 0 Å². The monoisotopic (exact) mass is 434 g/mol. The van der Waals surface area contributed by atoms with E-state index in [4.69, 9.17) is 4.74 Å². The first-order valence-electron chi connectivity index (χ1n) is 11.5. The molecule has 1 aromatic carbocycles. The molecule has 0 spiro atoms. The average Bonchev–Trinajstić information content (AvgIpc) is 3.30. The molecule has 2 amide bonds. The van der Waals surface area contributed by atoms with Gasteiger partial charge in [0.1, 0.15) is 5.75 Å². The lowest BCUT2D eigenvalue weighted by atomic mass is 10.0. The number of hydrogen-bond acceptors (Lipinski definition) is 4. The number of H-pyrrole nitrogens is 1. The van der Waals surface area contributed by atoms with Gasteiger partial charge in [-0.25, -0.2) is 0 Å². The van der Waals surface area contributed by atoms with Crippen molar-refractivity contribution in [1.29, 1.82) is 0 Å². The Kier molecular flexibility index (Phi) is 5.51. The second kappa shape index (κ2) is 8.47. The van der Waals surface area contributed by atoms with Crippen LogP contribution in [-0.2, 0) is 11.2 Å². The van der Waals surface area contributed by atoms with Crippen LogP contribution in [0.25, 0.3) is 11.6 Å². The summed E-state index contributed by atoms with van der Waals surface area (Å²) in [5.41, 5.74) is 5.67. The van der Waals surface area contributed by atoms with Crippen molar-refractivity contribution in [3.05, 3.63) is 46.3 Å². The molecule has 2 N–H and O–H groups in total. The van der Waals surface area contributed by atoms with Crippen molar-refractivity contribution in [1.82, 2.24) is 14.8 Å². The van der Waals surface area contributed by atoms with Crippen molar-refractivity contribution in [3.63, 3.8) is 0 Å². The third-order valence-corrected chi connectivity index (χ3v) is 6.93. The summed E-state index contributed by atoms with van der Waals surface area (Å²) in [6.07, 6.45) is 6.52. The van der Waals surface area contributed by atoms with Crippen LogP contribution in [0, 0.1) is 6.92 Å². The van der Waals surface area contributed by atoms with Crippen molar-refractivity contribution in [2.75, 3.05) is 45.2 Å². The Morgan fingerprint density at radius 1 is 1.09 bits per heavy atom. The number of aromatic amines is 1. The van der Waals surface area contributed by atoms with Crippen molar-refractivity contribution in [3.8, 4) is 5.75 Å². The average molecular weight is 435 g/mol. The molecule has 7 nitrogen and oxygen atoms in total. The zero-order chi connectivity index (χ0) is 22.2. The SMILES string of the molecule is COc1ccc2c(c1)NC(=O)/C2=C\c1[nH]c2c(c1C)C(=O)N(CCN1CCCCC1)CC2. The topological polar surface area (TPSA) is 77.7 Å². The quantitative estimate of drug-likeness (QED) is 0.708. The molecule has 3 aliphatic rings. The maximum Gasteiger partial charge on any atom is 0.256 e. The van der Waals surface area contributed by atoms with Gasteiger partial charge in [0.25, 0.3) is 11.8 Å². The Labute approximate surface area is 188 Å². The van der Waals surface area contributed by atoms with Crippen LogP contribution in [0.5, 0.6) is 5.75 Å². The highest BCUT2D eigenvalue weighted by atomic mass is 16.5. The molecule has 7 heteroatoms. The fourth-order valence-electron chi connectivity index (χ4n) is 5.05. The standard InChI is InChI=1S/C25H30N4O3/c1-16-21(15-19-18-7-6-17(32-2)14-22(18)27-24(19)30)26-20-8-11-29(25(31)23(16)20)13-12-28-9-4-3-5-10-28/h6-7,14-15,26H,3-5,8-13H2,1-2H3,(H,27,30)/b19-15-. The van der Waals surface area contributed by atoms with Crippen molar-refractivity contribution < 1.29 is 14.3 Å². The summed E-state index contributed by atoms with van der Waals surface area (Å²) in [7, 11) is 1.61. The summed E-state index contributed by atoms with van der Waals surface area (Å²) in [6.45, 7) is 6.71. The van der Waals surface area contributed by atoms with E-state index in [0.717, 1.165) is 72.9 Å². The molecule has 3 aliphatic heterocycles. The van der Waals surface area contributed by atoms with Gasteiger partial charge in [-0.1, -0.05) is 6.42 Å². The number of likely N-dealkylation sites (tertiary alicyclic amines) is 1. The van der Waals surface area contributed by atoms with Gasteiger partial charge in [0, 0.05) is 49.1 Å². The zero-order valence-electron chi connectivity index (χ0n) is 18.8. The lowest BCUT2D eigenvalue weighted by molar-refractivity contribution is -0.110. The normalized spacial score (nSPS) is 19.8. The number of methoxy groups -OCH3 is 1. The van der Waals surface area contributed by atoms with Gasteiger partial charge in [0.05, 0.1) is 23.9 Å². The molecule has 0 aliphatic carbocycles. The summed E-state index contributed by atoms with van der Waals surface area (Å²) in [5.74, 6) is 0.657. The van der Waals surface area contributed by atoms with Crippen molar-refractivity contribution in [2.45, 2.75) is 32.6 Å². The molecule has 2 aromatic rings. The molecule has 1 saturated heterocycles. The first-order valence-corrected chi connectivity index (χ1v) is 11.5. The van der Waals surface area contributed by atoms with E-state index in [-0.39, 0.29) is 11.8 Å². The molecule has 1 fully saturated rings. The molecule has 32 heavy (non-hydrogen) atoms. The zero-order valence-corrected chi connectivity index (χ0v) is 18.8. The molecule has 4 heterocycles. The predicted molar refractivity (Wildman–Crippen MR) is 125 cm³/mol. The molecule has 5 rings (SSSR count). The van der Waals surface area contributed by atoms with E-state index in [1.54, 1.807) is 7.11 Å². The Morgan fingerprint density at radius 3 is 2.69 bits per heavy atom. The summed E-state index contributed by atoms with van der Waals surface area (Å²) in [4.78, 5) is 33.8. The first-order chi connectivity index (χ1) is 15.5. The van der Waals surface area contributed by atoms with E-state index in [0.29, 0.717) is 11.3 Å². The predicted octanol–water partition coefficient (Wildman–Crippen LogP) is 3.31. The maximum atomic E-state index is 13.3. The van der Waals surface area contributed by atoms with Gasteiger partial charge in [-0.15, -0.1) is 0 Å². The van der Waals surface area contributed by atoms with Gasteiger partial charge >= 0.3 is 0 Å². The van der Waals surface area contributed by atoms with Gasteiger partial charge in [-0.05, 0) is 56.6 Å². The van der Waals surface area contributed by atoms with E-state index in [1.807, 2.05) is 36.1 Å². The summed E-state index contributed by atoms with van der Waals surface area (Å²) >= 11 is 0. The molecule has 0 saturated carbocycles. The van der Waals surface area contributed by atoms with E-state index < -0.39 is 0 Å². The Morgan fingerprint density at radius 2 is 1.91 bits per heavy atom. The Balaban J connectivity index is 1.38. The van der Waals surface area contributed by atoms with Gasteiger partial charge in [-0.3, -0.25) is 9.59 Å². The largest absolute Gasteiger partial charge is 0.497 e. The molecule has 1 aromatic heterocycles. The smallest absolute Gasteiger partial charge is 0.256 e. The highest BCUT2D eigenvalue weighted by Crippen LogP contribution is 2.36. The number of hydrogen-bond donors (Lipinski definition) is 2. The number of nitrogens with one attached hydrogen (secondary N) is 2. The fourth-order valence-corrected chi connectivity index (χ4v) is 5.05. The van der Waals surface area contributed by atoms with E-state index >= 15 is 0 Å². The molecule has 168 valence electrons. The lowest BCUT2D eigenvalue weighted by Crippen LogP contribution is -2.43. The molecule has 0 bridgehead atoms. The lowest BCUT2D eigenvalue weighted by Gasteiger charge is -2.32. The molecule has 0 atom stereocenters.